The minimum Gasteiger partial charge on any atom is -0.455 e. The van der Waals surface area contributed by atoms with Crippen molar-refractivity contribution in [3.05, 3.63) is 23.8 Å². The summed E-state index contributed by atoms with van der Waals surface area (Å²) in [6.45, 7) is 5.83. The molecule has 0 bridgehead atoms. The third-order valence-corrected chi connectivity index (χ3v) is 7.31. The number of hydrogen-bond donors (Lipinski definition) is 0. The Bertz CT molecular complexity index is 973. The Morgan fingerprint density at radius 3 is 2.45 bits per heavy atom. The van der Waals surface area contributed by atoms with Crippen LogP contribution in [0, 0.1) is 68.0 Å². The largest absolute Gasteiger partial charge is 0.455 e. The normalized spacial score (nSPS) is 38.9. The maximum atomic E-state index is 12.1. The van der Waals surface area contributed by atoms with Crippen LogP contribution in [-0.4, -0.2) is 23.8 Å². The molecule has 0 radical (unpaired) electrons. The monoisotopic (exact) mass is 388 g/mol. The van der Waals surface area contributed by atoms with Gasteiger partial charge in [0, 0.05) is 23.8 Å². The second-order valence-corrected chi connectivity index (χ2v) is 8.63. The molecule has 2 heterocycles. The molecule has 0 aromatic carbocycles. The Morgan fingerprint density at radius 1 is 1.14 bits per heavy atom. The Labute approximate surface area is 169 Å². The summed E-state index contributed by atoms with van der Waals surface area (Å²) < 4.78 is 11.5. The molecule has 1 saturated carbocycles. The summed E-state index contributed by atoms with van der Waals surface area (Å²) >= 11 is 0. The van der Waals surface area contributed by atoms with Crippen LogP contribution in [-0.2, 0) is 14.3 Å². The summed E-state index contributed by atoms with van der Waals surface area (Å²) in [6, 6.07) is 8.08. The molecule has 2 aliphatic heterocycles. The van der Waals surface area contributed by atoms with Gasteiger partial charge in [-0.25, -0.2) is 4.79 Å². The summed E-state index contributed by atoms with van der Waals surface area (Å²) in [4.78, 5) is 12.1. The van der Waals surface area contributed by atoms with Crippen LogP contribution in [0.5, 0.6) is 0 Å². The number of epoxide rings is 1. The summed E-state index contributed by atoms with van der Waals surface area (Å²) in [5, 5.41) is 39.6. The zero-order valence-electron chi connectivity index (χ0n) is 16.1. The molecule has 7 heteroatoms. The first-order valence-corrected chi connectivity index (χ1v) is 9.73. The predicted molar refractivity (Wildman–Crippen MR) is 97.8 cm³/mol. The molecule has 2 saturated heterocycles. The average Bonchev–Trinajstić information content (AvgIpc) is 3.33. The lowest BCUT2D eigenvalue weighted by Crippen LogP contribution is -2.47. The Balaban J connectivity index is 1.78. The van der Waals surface area contributed by atoms with Crippen molar-refractivity contribution >= 4 is 5.97 Å². The molecule has 29 heavy (non-hydrogen) atoms. The second-order valence-electron chi connectivity index (χ2n) is 8.63. The van der Waals surface area contributed by atoms with E-state index in [4.69, 9.17) is 9.47 Å². The zero-order valence-corrected chi connectivity index (χ0v) is 16.1. The van der Waals surface area contributed by atoms with Gasteiger partial charge in [-0.1, -0.05) is 18.2 Å². The van der Waals surface area contributed by atoms with Crippen LogP contribution in [0.4, 0.5) is 0 Å². The van der Waals surface area contributed by atoms with Crippen molar-refractivity contribution in [3.8, 4) is 24.3 Å². The second kappa shape index (κ2) is 6.18. The Hall–Kier alpha value is -3.13. The van der Waals surface area contributed by atoms with Gasteiger partial charge >= 0.3 is 5.97 Å². The molecule has 5 atom stereocenters. The number of carbonyl (C=O) groups excluding carboxylic acids is 1. The molecule has 0 amide bonds. The van der Waals surface area contributed by atoms with Gasteiger partial charge in [-0.15, -0.1) is 0 Å². The van der Waals surface area contributed by atoms with Gasteiger partial charge in [-0.2, -0.15) is 21.0 Å². The first kappa shape index (κ1) is 19.2. The molecule has 146 valence electrons. The van der Waals surface area contributed by atoms with Crippen molar-refractivity contribution in [1.82, 2.24) is 0 Å². The molecule has 7 nitrogen and oxygen atoms in total. The molecule has 0 N–H and O–H groups in total. The lowest BCUT2D eigenvalue weighted by Gasteiger charge is -2.42. The smallest absolute Gasteiger partial charge is 0.334 e. The molecule has 2 aliphatic carbocycles. The van der Waals surface area contributed by atoms with E-state index < -0.39 is 28.3 Å². The van der Waals surface area contributed by atoms with Crippen LogP contribution >= 0.6 is 0 Å². The molecule has 4 aliphatic rings. The van der Waals surface area contributed by atoms with Crippen LogP contribution in [0.15, 0.2) is 23.8 Å². The van der Waals surface area contributed by atoms with Crippen LogP contribution < -0.4 is 0 Å². The predicted octanol–water partition coefficient (Wildman–Crippen LogP) is 2.83. The third-order valence-electron chi connectivity index (χ3n) is 7.31. The number of rotatable bonds is 0. The van der Waals surface area contributed by atoms with Crippen molar-refractivity contribution in [2.75, 3.05) is 0 Å². The van der Waals surface area contributed by atoms with Crippen LogP contribution in [0.1, 0.15) is 39.0 Å². The quantitative estimate of drug-likeness (QED) is 0.269. The summed E-state index contributed by atoms with van der Waals surface area (Å²) in [5.74, 6) is -1.14. The van der Waals surface area contributed by atoms with Gasteiger partial charge in [0.15, 0.2) is 10.8 Å². The number of allylic oxidation sites excluding steroid dienone is 2. The van der Waals surface area contributed by atoms with Crippen molar-refractivity contribution in [2.24, 2.45) is 22.7 Å². The molecular weight excluding hydrogens is 368 g/mol. The van der Waals surface area contributed by atoms with E-state index in [2.05, 4.69) is 18.7 Å². The van der Waals surface area contributed by atoms with Crippen molar-refractivity contribution < 1.29 is 14.3 Å². The van der Waals surface area contributed by atoms with Gasteiger partial charge < -0.3 is 9.47 Å². The lowest BCUT2D eigenvalue weighted by atomic mass is 9.52. The maximum Gasteiger partial charge on any atom is 0.334 e. The van der Waals surface area contributed by atoms with Gasteiger partial charge in [0.1, 0.15) is 12.2 Å². The number of nitrogens with zero attached hydrogens (tertiary/aromatic N) is 4. The average molecular weight is 388 g/mol. The van der Waals surface area contributed by atoms with Gasteiger partial charge in [0.05, 0.1) is 29.9 Å². The maximum absolute atomic E-state index is 12.1. The minimum atomic E-state index is -1.75. The lowest BCUT2D eigenvalue weighted by molar-refractivity contribution is -0.140. The molecular formula is C22H20N4O3. The van der Waals surface area contributed by atoms with Gasteiger partial charge in [0.25, 0.3) is 0 Å². The topological polar surface area (TPSA) is 134 Å². The highest BCUT2D eigenvalue weighted by molar-refractivity contribution is 5.91. The van der Waals surface area contributed by atoms with Gasteiger partial charge in [0.2, 0.25) is 0 Å². The Morgan fingerprint density at radius 2 is 1.83 bits per heavy atom. The first-order chi connectivity index (χ1) is 13.8. The molecule has 1 unspecified atom stereocenters. The van der Waals surface area contributed by atoms with Crippen molar-refractivity contribution in [3.63, 3.8) is 0 Å². The highest BCUT2D eigenvalue weighted by Crippen LogP contribution is 2.58. The number of carbonyl (C=O) groups is 1. The first-order valence-electron chi connectivity index (χ1n) is 9.73. The fourth-order valence-electron chi connectivity index (χ4n) is 5.37. The summed E-state index contributed by atoms with van der Waals surface area (Å²) in [6.07, 6.45) is 3.36. The van der Waals surface area contributed by atoms with E-state index >= 15 is 0 Å². The number of esters is 1. The van der Waals surface area contributed by atoms with Crippen LogP contribution in [0.2, 0.25) is 0 Å². The van der Waals surface area contributed by atoms with E-state index in [-0.39, 0.29) is 24.5 Å². The zero-order chi connectivity index (χ0) is 21.0. The number of fused-ring (bicyclic) bond motifs is 4. The fourth-order valence-corrected chi connectivity index (χ4v) is 5.37. The van der Waals surface area contributed by atoms with E-state index in [1.165, 1.54) is 0 Å². The summed E-state index contributed by atoms with van der Waals surface area (Å²) in [5.41, 5.74) is -2.68. The van der Waals surface area contributed by atoms with E-state index in [0.717, 1.165) is 5.57 Å². The van der Waals surface area contributed by atoms with Crippen LogP contribution in [0.25, 0.3) is 0 Å². The highest BCUT2D eigenvalue weighted by Gasteiger charge is 2.65. The van der Waals surface area contributed by atoms with E-state index in [9.17, 15) is 25.8 Å². The third kappa shape index (κ3) is 2.38. The van der Waals surface area contributed by atoms with E-state index in [1.54, 1.807) is 0 Å². The molecule has 0 spiro atoms. The van der Waals surface area contributed by atoms with E-state index in [1.807, 2.05) is 25.1 Å². The SMILES string of the molecule is C=C1C(=O)O[C@@H]2[C@H]3O[C@]3(C)CCC3C(=CCC(C#N)(C#N)C3(C#N)C#N)CC[C@@H]12. The van der Waals surface area contributed by atoms with E-state index in [0.29, 0.717) is 31.3 Å². The fraction of sp³-hybridized carbons (Fsp3) is 0.591. The van der Waals surface area contributed by atoms with Crippen molar-refractivity contribution in [1.29, 1.82) is 21.0 Å². The minimum absolute atomic E-state index is 0.0355. The standard InChI is InChI=1S/C22H20N4O3/c1-13-15-4-3-14-5-8-21(9-23,10-24)22(11-25,12-26)16(14)6-7-20(2)18(29-20)17(15)28-19(13)27/h5,15-18H,1,3-4,6-8H2,2H3/t15-,16?,17-,18+,20+/m0/s1. The number of hydrogen-bond acceptors (Lipinski definition) is 7. The van der Waals surface area contributed by atoms with Gasteiger partial charge in [-0.3, -0.25) is 0 Å². The molecule has 4 rings (SSSR count). The molecule has 0 aromatic heterocycles. The van der Waals surface area contributed by atoms with Gasteiger partial charge in [-0.05, 0) is 32.6 Å². The number of ether oxygens (including phenoxy) is 2. The molecule has 3 fully saturated rings. The molecule has 0 aromatic rings. The van der Waals surface area contributed by atoms with Crippen LogP contribution in [0.3, 0.4) is 0 Å². The highest BCUT2D eigenvalue weighted by atomic mass is 16.6. The summed E-state index contributed by atoms with van der Waals surface area (Å²) in [7, 11) is 0. The van der Waals surface area contributed by atoms with Crippen molar-refractivity contribution in [2.45, 2.75) is 56.8 Å². The number of nitriles is 4. The Kier molecular flexibility index (Phi) is 4.09.